The molecule has 0 atom stereocenters. The molecular weight excluding hydrogens is 308 g/mol. The summed E-state index contributed by atoms with van der Waals surface area (Å²) in [7, 11) is 1.62. The van der Waals surface area contributed by atoms with Gasteiger partial charge in [-0.2, -0.15) is 0 Å². The van der Waals surface area contributed by atoms with E-state index in [4.69, 9.17) is 9.47 Å². The van der Waals surface area contributed by atoms with Crippen molar-refractivity contribution in [3.8, 4) is 11.5 Å². The third-order valence-corrected chi connectivity index (χ3v) is 4.00. The van der Waals surface area contributed by atoms with Gasteiger partial charge in [0, 0.05) is 32.5 Å². The zero-order valence-corrected chi connectivity index (χ0v) is 14.3. The van der Waals surface area contributed by atoms with Crippen LogP contribution in [0.2, 0.25) is 0 Å². The van der Waals surface area contributed by atoms with E-state index in [2.05, 4.69) is 5.32 Å². The minimum atomic E-state index is -0.0393. The highest BCUT2D eigenvalue weighted by Crippen LogP contribution is 2.17. The topological polar surface area (TPSA) is 67.9 Å². The summed E-state index contributed by atoms with van der Waals surface area (Å²) < 4.78 is 10.6. The third-order valence-electron chi connectivity index (χ3n) is 4.00. The molecule has 0 saturated carbocycles. The molecule has 0 spiro atoms. The first-order valence-electron chi connectivity index (χ1n) is 8.50. The molecule has 1 saturated heterocycles. The van der Waals surface area contributed by atoms with E-state index in [9.17, 15) is 9.59 Å². The second-order valence-corrected chi connectivity index (χ2v) is 5.82. The number of likely N-dealkylation sites (tertiary alicyclic amines) is 1. The Kier molecular flexibility index (Phi) is 7.39. The summed E-state index contributed by atoms with van der Waals surface area (Å²) in [5.41, 5.74) is 0. The zero-order valence-electron chi connectivity index (χ0n) is 14.3. The Morgan fingerprint density at radius 1 is 1.08 bits per heavy atom. The van der Waals surface area contributed by atoms with Crippen LogP contribution in [0, 0.1) is 0 Å². The van der Waals surface area contributed by atoms with E-state index >= 15 is 0 Å². The van der Waals surface area contributed by atoms with E-state index in [1.165, 1.54) is 0 Å². The highest BCUT2D eigenvalue weighted by atomic mass is 16.5. The Morgan fingerprint density at radius 3 is 2.42 bits per heavy atom. The van der Waals surface area contributed by atoms with Crippen LogP contribution in [-0.2, 0) is 9.59 Å². The normalized spacial score (nSPS) is 13.6. The van der Waals surface area contributed by atoms with E-state index < -0.39 is 0 Å². The van der Waals surface area contributed by atoms with Crippen LogP contribution in [0.1, 0.15) is 32.1 Å². The lowest BCUT2D eigenvalue weighted by molar-refractivity contribution is -0.130. The summed E-state index contributed by atoms with van der Waals surface area (Å²) in [5, 5.41) is 2.79. The fraction of sp³-hybridized carbons (Fsp3) is 0.556. The first-order valence-corrected chi connectivity index (χ1v) is 8.50. The van der Waals surface area contributed by atoms with Gasteiger partial charge in [-0.05, 0) is 43.5 Å². The van der Waals surface area contributed by atoms with Crippen LogP contribution in [0.25, 0.3) is 0 Å². The molecule has 2 rings (SSSR count). The van der Waals surface area contributed by atoms with Gasteiger partial charge in [-0.1, -0.05) is 0 Å². The van der Waals surface area contributed by atoms with E-state index in [0.717, 1.165) is 37.4 Å². The van der Waals surface area contributed by atoms with Crippen molar-refractivity contribution in [2.75, 3.05) is 33.4 Å². The molecule has 1 heterocycles. The molecule has 6 nitrogen and oxygen atoms in total. The van der Waals surface area contributed by atoms with Crippen molar-refractivity contribution >= 4 is 11.8 Å². The minimum absolute atomic E-state index is 0.0393. The number of hydrogen-bond donors (Lipinski definition) is 1. The quantitative estimate of drug-likeness (QED) is 0.701. The van der Waals surface area contributed by atoms with E-state index in [1.807, 2.05) is 29.2 Å². The fourth-order valence-corrected chi connectivity index (χ4v) is 2.62. The van der Waals surface area contributed by atoms with Crippen LogP contribution < -0.4 is 14.8 Å². The number of carbonyl (C=O) groups excluding carboxylic acids is 2. The number of nitrogens with one attached hydrogen (secondary N) is 1. The van der Waals surface area contributed by atoms with Crippen LogP contribution >= 0.6 is 0 Å². The third kappa shape index (κ3) is 6.10. The Labute approximate surface area is 143 Å². The predicted octanol–water partition coefficient (Wildman–Crippen LogP) is 1.98. The van der Waals surface area contributed by atoms with Crippen LogP contribution in [-0.4, -0.2) is 50.1 Å². The molecule has 0 aromatic heterocycles. The lowest BCUT2D eigenvalue weighted by atomic mass is 10.3. The van der Waals surface area contributed by atoms with Crippen molar-refractivity contribution < 1.29 is 19.1 Å². The number of benzene rings is 1. The maximum atomic E-state index is 11.8. The van der Waals surface area contributed by atoms with Crippen molar-refractivity contribution in [1.82, 2.24) is 10.2 Å². The lowest BCUT2D eigenvalue weighted by Crippen LogP contribution is -2.32. The van der Waals surface area contributed by atoms with Gasteiger partial charge in [-0.3, -0.25) is 9.59 Å². The molecule has 1 aromatic rings. The SMILES string of the molecule is COc1ccc(OCCCC(=O)NCCC(=O)N2CCCC2)cc1. The van der Waals surface area contributed by atoms with Crippen molar-refractivity contribution in [3.05, 3.63) is 24.3 Å². The van der Waals surface area contributed by atoms with Crippen molar-refractivity contribution in [2.24, 2.45) is 0 Å². The molecule has 0 unspecified atom stereocenters. The zero-order chi connectivity index (χ0) is 17.2. The highest BCUT2D eigenvalue weighted by Gasteiger charge is 2.17. The van der Waals surface area contributed by atoms with E-state index in [-0.39, 0.29) is 11.8 Å². The molecule has 1 fully saturated rings. The molecular formula is C18H26N2O4. The number of amides is 2. The standard InChI is InChI=1S/C18H26N2O4/c1-23-15-6-8-16(9-7-15)24-14-4-5-17(21)19-11-10-18(22)20-12-2-3-13-20/h6-9H,2-5,10-14H2,1H3,(H,19,21). The summed E-state index contributed by atoms with van der Waals surface area (Å²) in [5.74, 6) is 1.64. The fourth-order valence-electron chi connectivity index (χ4n) is 2.62. The molecule has 1 aliphatic rings. The Morgan fingerprint density at radius 2 is 1.75 bits per heavy atom. The maximum Gasteiger partial charge on any atom is 0.224 e. The average Bonchev–Trinajstić information content (AvgIpc) is 3.14. The Balaban J connectivity index is 1.52. The molecule has 2 amide bonds. The number of nitrogens with zero attached hydrogens (tertiary/aromatic N) is 1. The Bertz CT molecular complexity index is 524. The summed E-state index contributed by atoms with van der Waals surface area (Å²) in [6.07, 6.45) is 3.60. The molecule has 1 aromatic carbocycles. The molecule has 1 N–H and O–H groups in total. The molecule has 6 heteroatoms. The first-order chi connectivity index (χ1) is 11.7. The van der Waals surface area contributed by atoms with Gasteiger partial charge in [-0.25, -0.2) is 0 Å². The van der Waals surface area contributed by atoms with Crippen molar-refractivity contribution in [2.45, 2.75) is 32.1 Å². The van der Waals surface area contributed by atoms with Gasteiger partial charge in [0.2, 0.25) is 11.8 Å². The Hall–Kier alpha value is -2.24. The van der Waals surface area contributed by atoms with Gasteiger partial charge in [0.15, 0.2) is 0 Å². The van der Waals surface area contributed by atoms with Crippen molar-refractivity contribution in [3.63, 3.8) is 0 Å². The molecule has 132 valence electrons. The second kappa shape index (κ2) is 9.80. The summed E-state index contributed by atoms with van der Waals surface area (Å²) in [6, 6.07) is 7.34. The van der Waals surface area contributed by atoms with Gasteiger partial charge in [0.1, 0.15) is 11.5 Å². The van der Waals surface area contributed by atoms with Crippen LogP contribution in [0.3, 0.4) is 0 Å². The number of hydrogen-bond acceptors (Lipinski definition) is 4. The number of carbonyl (C=O) groups is 2. The van der Waals surface area contributed by atoms with Crippen LogP contribution in [0.15, 0.2) is 24.3 Å². The smallest absolute Gasteiger partial charge is 0.224 e. The number of rotatable bonds is 9. The first kappa shape index (κ1) is 18.1. The number of methoxy groups -OCH3 is 1. The summed E-state index contributed by atoms with van der Waals surface area (Å²) >= 11 is 0. The van der Waals surface area contributed by atoms with E-state index in [0.29, 0.717) is 32.4 Å². The maximum absolute atomic E-state index is 11.8. The molecule has 24 heavy (non-hydrogen) atoms. The minimum Gasteiger partial charge on any atom is -0.497 e. The van der Waals surface area contributed by atoms with Gasteiger partial charge in [0.05, 0.1) is 13.7 Å². The monoisotopic (exact) mass is 334 g/mol. The number of ether oxygens (including phenoxy) is 2. The predicted molar refractivity (Wildman–Crippen MR) is 91.2 cm³/mol. The molecule has 1 aliphatic heterocycles. The molecule has 0 radical (unpaired) electrons. The van der Waals surface area contributed by atoms with Crippen LogP contribution in [0.4, 0.5) is 0 Å². The molecule has 0 aliphatic carbocycles. The average molecular weight is 334 g/mol. The van der Waals surface area contributed by atoms with Crippen LogP contribution in [0.5, 0.6) is 11.5 Å². The van der Waals surface area contributed by atoms with Gasteiger partial charge < -0.3 is 19.7 Å². The van der Waals surface area contributed by atoms with E-state index in [1.54, 1.807) is 7.11 Å². The molecule has 0 bridgehead atoms. The lowest BCUT2D eigenvalue weighted by Gasteiger charge is -2.15. The highest BCUT2D eigenvalue weighted by molar-refractivity contribution is 5.79. The van der Waals surface area contributed by atoms with Gasteiger partial charge >= 0.3 is 0 Å². The van der Waals surface area contributed by atoms with Gasteiger partial charge in [0.25, 0.3) is 0 Å². The largest absolute Gasteiger partial charge is 0.497 e. The summed E-state index contributed by atoms with van der Waals surface area (Å²) in [4.78, 5) is 25.4. The second-order valence-electron chi connectivity index (χ2n) is 5.82. The van der Waals surface area contributed by atoms with Crippen molar-refractivity contribution in [1.29, 1.82) is 0 Å². The van der Waals surface area contributed by atoms with Gasteiger partial charge in [-0.15, -0.1) is 0 Å². The summed E-state index contributed by atoms with van der Waals surface area (Å²) in [6.45, 7) is 2.60.